The number of amides is 4. The number of likely N-dealkylation sites (N-methyl/N-ethyl adjacent to an activating group) is 1. The molecule has 0 aromatic heterocycles. The number of imide groups is 2. The summed E-state index contributed by atoms with van der Waals surface area (Å²) in [6.45, 7) is 1.93. The summed E-state index contributed by atoms with van der Waals surface area (Å²) >= 11 is 6.68. The van der Waals surface area contributed by atoms with Crippen molar-refractivity contribution in [3.05, 3.63) is 89.4 Å². The maximum Gasteiger partial charge on any atom is 0.342 e. The fourth-order valence-electron chi connectivity index (χ4n) is 5.83. The molecule has 2 saturated heterocycles. The molecule has 1 unspecified atom stereocenters. The summed E-state index contributed by atoms with van der Waals surface area (Å²) in [4.78, 5) is 49.6. The Hall–Kier alpha value is -3.68. The number of fused-ring (bicyclic) bond motifs is 4. The molecule has 36 heavy (non-hydrogen) atoms. The number of barbiturate groups is 1. The fourth-order valence-corrected chi connectivity index (χ4v) is 6.06. The molecule has 0 radical (unpaired) electrons. The Balaban J connectivity index is 1.61. The molecule has 1 atom stereocenters. The van der Waals surface area contributed by atoms with Gasteiger partial charge in [0.15, 0.2) is 5.41 Å². The lowest BCUT2D eigenvalue weighted by Gasteiger charge is -2.56. The van der Waals surface area contributed by atoms with Crippen molar-refractivity contribution in [3.8, 4) is 0 Å². The lowest BCUT2D eigenvalue weighted by atomic mass is 9.67. The first kappa shape index (κ1) is 22.8. The fraction of sp³-hybridized carbons (Fsp3) is 0.250. The zero-order valence-corrected chi connectivity index (χ0v) is 20.6. The maximum absolute atomic E-state index is 14.6. The number of rotatable bonds is 2. The van der Waals surface area contributed by atoms with E-state index in [4.69, 9.17) is 11.6 Å². The van der Waals surface area contributed by atoms with Crippen LogP contribution in [0.2, 0.25) is 5.02 Å². The molecule has 1 spiro atoms. The molecule has 6 rings (SSSR count). The van der Waals surface area contributed by atoms with Crippen LogP contribution in [0.3, 0.4) is 0 Å². The van der Waals surface area contributed by atoms with E-state index in [1.54, 1.807) is 54.6 Å². The second-order valence-corrected chi connectivity index (χ2v) is 10.00. The smallest absolute Gasteiger partial charge is 0.342 e. The molecular weight excluding hydrogens is 476 g/mol. The predicted octanol–water partition coefficient (Wildman–Crippen LogP) is 4.20. The van der Waals surface area contributed by atoms with Gasteiger partial charge in [0.1, 0.15) is 0 Å². The molecule has 3 aromatic carbocycles. The average Bonchev–Trinajstić information content (AvgIpc) is 2.89. The Morgan fingerprint density at radius 3 is 1.94 bits per heavy atom. The number of piperazine rings is 1. The van der Waals surface area contributed by atoms with Gasteiger partial charge in [-0.05, 0) is 49.0 Å². The van der Waals surface area contributed by atoms with Gasteiger partial charge in [-0.2, -0.15) is 0 Å². The van der Waals surface area contributed by atoms with Gasteiger partial charge in [0.2, 0.25) is 0 Å². The van der Waals surface area contributed by atoms with Crippen LogP contribution < -0.4 is 14.7 Å². The van der Waals surface area contributed by atoms with Crippen molar-refractivity contribution in [1.29, 1.82) is 0 Å². The molecular formula is C28H25ClN4O3. The molecule has 2 fully saturated rings. The van der Waals surface area contributed by atoms with E-state index in [1.165, 1.54) is 9.80 Å². The SMILES string of the molecule is CN1CCN2c3cccc(Cl)c3CC3(C(=O)N(c4ccccc4)C(=O)N(c4ccccc4)C3=O)C2C1. The summed E-state index contributed by atoms with van der Waals surface area (Å²) in [6, 6.07) is 22.2. The lowest BCUT2D eigenvalue weighted by molar-refractivity contribution is -0.143. The second-order valence-electron chi connectivity index (χ2n) is 9.59. The number of benzene rings is 3. The third-order valence-electron chi connectivity index (χ3n) is 7.59. The van der Waals surface area contributed by atoms with Crippen molar-refractivity contribution in [2.45, 2.75) is 12.5 Å². The third kappa shape index (κ3) is 3.20. The van der Waals surface area contributed by atoms with Gasteiger partial charge in [-0.25, -0.2) is 14.6 Å². The number of para-hydroxylation sites is 2. The molecule has 3 aromatic rings. The van der Waals surface area contributed by atoms with Crippen molar-refractivity contribution in [1.82, 2.24) is 4.90 Å². The normalized spacial score (nSPS) is 21.6. The summed E-state index contributed by atoms with van der Waals surface area (Å²) < 4.78 is 0. The van der Waals surface area contributed by atoms with E-state index in [0.717, 1.165) is 17.8 Å². The summed E-state index contributed by atoms with van der Waals surface area (Å²) in [5.41, 5.74) is 1.03. The lowest BCUT2D eigenvalue weighted by Crippen LogP contribution is -2.76. The molecule has 3 heterocycles. The molecule has 182 valence electrons. The van der Waals surface area contributed by atoms with Crippen LogP contribution in [0.4, 0.5) is 21.9 Å². The summed E-state index contributed by atoms with van der Waals surface area (Å²) in [7, 11) is 1.99. The van der Waals surface area contributed by atoms with Crippen LogP contribution in [0.15, 0.2) is 78.9 Å². The Morgan fingerprint density at radius 1 is 0.778 bits per heavy atom. The molecule has 0 N–H and O–H groups in total. The van der Waals surface area contributed by atoms with Crippen LogP contribution >= 0.6 is 11.6 Å². The Bertz CT molecular complexity index is 1300. The van der Waals surface area contributed by atoms with Gasteiger partial charge in [0.25, 0.3) is 11.8 Å². The second kappa shape index (κ2) is 8.47. The van der Waals surface area contributed by atoms with E-state index in [-0.39, 0.29) is 6.42 Å². The number of carbonyl (C=O) groups excluding carboxylic acids is 3. The minimum Gasteiger partial charge on any atom is -0.364 e. The topological polar surface area (TPSA) is 64.2 Å². The minimum atomic E-state index is -1.54. The highest BCUT2D eigenvalue weighted by Crippen LogP contribution is 2.50. The third-order valence-corrected chi connectivity index (χ3v) is 7.95. The van der Waals surface area contributed by atoms with Gasteiger partial charge in [-0.15, -0.1) is 0 Å². The van der Waals surface area contributed by atoms with Gasteiger partial charge in [0.05, 0.1) is 17.4 Å². The van der Waals surface area contributed by atoms with Crippen LogP contribution in [-0.2, 0) is 16.0 Å². The first-order chi connectivity index (χ1) is 17.4. The number of hydrogen-bond donors (Lipinski definition) is 0. The predicted molar refractivity (Wildman–Crippen MR) is 139 cm³/mol. The molecule has 0 saturated carbocycles. The van der Waals surface area contributed by atoms with E-state index in [2.05, 4.69) is 9.80 Å². The van der Waals surface area contributed by atoms with Crippen molar-refractivity contribution in [2.24, 2.45) is 5.41 Å². The number of carbonyl (C=O) groups is 3. The Labute approximate surface area is 214 Å². The minimum absolute atomic E-state index is 0.120. The largest absolute Gasteiger partial charge is 0.364 e. The quantitative estimate of drug-likeness (QED) is 0.493. The monoisotopic (exact) mass is 500 g/mol. The van der Waals surface area contributed by atoms with Gasteiger partial charge in [-0.3, -0.25) is 9.59 Å². The van der Waals surface area contributed by atoms with E-state index in [9.17, 15) is 14.4 Å². The number of anilines is 3. The van der Waals surface area contributed by atoms with Crippen LogP contribution in [0.25, 0.3) is 0 Å². The Kier molecular flexibility index (Phi) is 5.35. The van der Waals surface area contributed by atoms with E-state index in [1.807, 2.05) is 31.3 Å². The molecule has 8 heteroatoms. The molecule has 0 aliphatic carbocycles. The first-order valence-corrected chi connectivity index (χ1v) is 12.4. The Morgan fingerprint density at radius 2 is 1.36 bits per heavy atom. The number of hydrogen-bond acceptors (Lipinski definition) is 5. The van der Waals surface area contributed by atoms with Crippen LogP contribution in [0.1, 0.15) is 5.56 Å². The summed E-state index contributed by atoms with van der Waals surface area (Å²) in [5.74, 6) is -1.02. The number of nitrogens with zero attached hydrogens (tertiary/aromatic N) is 4. The van der Waals surface area contributed by atoms with Crippen LogP contribution in [0, 0.1) is 5.41 Å². The first-order valence-electron chi connectivity index (χ1n) is 12.0. The number of halogens is 1. The van der Waals surface area contributed by atoms with Gasteiger partial charge < -0.3 is 9.80 Å². The maximum atomic E-state index is 14.6. The van der Waals surface area contributed by atoms with Gasteiger partial charge in [-0.1, -0.05) is 54.1 Å². The van der Waals surface area contributed by atoms with E-state index < -0.39 is 29.3 Å². The highest BCUT2D eigenvalue weighted by molar-refractivity contribution is 6.39. The molecule has 4 amide bonds. The van der Waals surface area contributed by atoms with Crippen LogP contribution in [-0.4, -0.2) is 55.5 Å². The highest BCUT2D eigenvalue weighted by Gasteiger charge is 2.65. The van der Waals surface area contributed by atoms with Gasteiger partial charge in [0, 0.05) is 36.8 Å². The van der Waals surface area contributed by atoms with Crippen molar-refractivity contribution in [3.63, 3.8) is 0 Å². The molecule has 0 bridgehead atoms. The molecule has 3 aliphatic heterocycles. The van der Waals surface area contributed by atoms with E-state index >= 15 is 0 Å². The summed E-state index contributed by atoms with van der Waals surface area (Å²) in [5, 5.41) is 0.513. The van der Waals surface area contributed by atoms with Crippen molar-refractivity contribution < 1.29 is 14.4 Å². The summed E-state index contributed by atoms with van der Waals surface area (Å²) in [6.07, 6.45) is 0.120. The van der Waals surface area contributed by atoms with Crippen LogP contribution in [0.5, 0.6) is 0 Å². The average molecular weight is 501 g/mol. The highest BCUT2D eigenvalue weighted by atomic mass is 35.5. The van der Waals surface area contributed by atoms with Gasteiger partial charge >= 0.3 is 6.03 Å². The molecule has 3 aliphatic rings. The molecule has 7 nitrogen and oxygen atoms in total. The number of urea groups is 1. The van der Waals surface area contributed by atoms with E-state index in [0.29, 0.717) is 29.5 Å². The zero-order chi connectivity index (χ0) is 25.0. The van der Waals surface area contributed by atoms with Crippen molar-refractivity contribution >= 4 is 46.5 Å². The van der Waals surface area contributed by atoms with Crippen molar-refractivity contribution in [2.75, 3.05) is 41.4 Å². The zero-order valence-electron chi connectivity index (χ0n) is 19.8. The standard InChI is InChI=1S/C28H25ClN4O3/c1-30-15-16-31-23-14-8-13-22(29)21(23)17-28(24(31)18-30)25(34)32(19-9-4-2-5-10-19)27(36)33(26(28)35)20-11-6-3-7-12-20/h2-14,24H,15-18H2,1H3.